The van der Waals surface area contributed by atoms with Crippen molar-refractivity contribution < 1.29 is 13.9 Å². The Morgan fingerprint density at radius 2 is 2.37 bits per heavy atom. The molecule has 4 heteroatoms. The van der Waals surface area contributed by atoms with E-state index >= 15 is 0 Å². The average molecular weight is 267 g/mol. The Hall–Kier alpha value is -0.840. The fourth-order valence-electron chi connectivity index (χ4n) is 2.27. The van der Waals surface area contributed by atoms with Crippen molar-refractivity contribution in [3.05, 3.63) is 23.7 Å². The first-order valence-corrected chi connectivity index (χ1v) is 7.35. The largest absolute Gasteiger partial charge is 0.468 e. The van der Waals surface area contributed by atoms with Crippen LogP contribution in [0.15, 0.2) is 16.7 Å². The van der Waals surface area contributed by atoms with Gasteiger partial charge in [-0.2, -0.15) is 0 Å². The Morgan fingerprint density at radius 1 is 1.42 bits per heavy atom. The van der Waals surface area contributed by atoms with Crippen molar-refractivity contribution in [2.24, 2.45) is 0 Å². The number of nitrogens with one attached hydrogen (secondary N) is 1. The maximum absolute atomic E-state index is 5.75. The van der Waals surface area contributed by atoms with Gasteiger partial charge in [-0.25, -0.2) is 0 Å². The van der Waals surface area contributed by atoms with Crippen LogP contribution in [-0.2, 0) is 22.6 Å². The number of furan rings is 1. The van der Waals surface area contributed by atoms with Gasteiger partial charge in [0.05, 0.1) is 32.1 Å². The van der Waals surface area contributed by atoms with Crippen LogP contribution in [0, 0.1) is 0 Å². The molecule has 0 bridgehead atoms. The molecule has 0 aliphatic carbocycles. The fraction of sp³-hybridized carbons (Fsp3) is 0.733. The summed E-state index contributed by atoms with van der Waals surface area (Å²) in [6, 6.07) is 1.99. The molecule has 19 heavy (non-hydrogen) atoms. The summed E-state index contributed by atoms with van der Waals surface area (Å²) in [4.78, 5) is 0. The van der Waals surface area contributed by atoms with Gasteiger partial charge in [0.1, 0.15) is 5.76 Å². The molecular weight excluding hydrogens is 242 g/mol. The predicted molar refractivity (Wildman–Crippen MR) is 74.0 cm³/mol. The van der Waals surface area contributed by atoms with Gasteiger partial charge in [-0.15, -0.1) is 0 Å². The van der Waals surface area contributed by atoms with E-state index in [0.717, 1.165) is 43.9 Å². The minimum absolute atomic E-state index is 0.280. The fourth-order valence-corrected chi connectivity index (χ4v) is 2.27. The molecule has 0 amide bonds. The third-order valence-electron chi connectivity index (χ3n) is 3.39. The Balaban J connectivity index is 1.68. The van der Waals surface area contributed by atoms with Crippen molar-refractivity contribution in [3.63, 3.8) is 0 Å². The summed E-state index contributed by atoms with van der Waals surface area (Å²) in [5.41, 5.74) is 1.14. The van der Waals surface area contributed by atoms with Gasteiger partial charge in [0.2, 0.25) is 0 Å². The van der Waals surface area contributed by atoms with Crippen molar-refractivity contribution in [2.75, 3.05) is 19.8 Å². The minimum atomic E-state index is 0.280. The van der Waals surface area contributed by atoms with Gasteiger partial charge in [-0.3, -0.25) is 0 Å². The highest BCUT2D eigenvalue weighted by Crippen LogP contribution is 2.15. The van der Waals surface area contributed by atoms with Crippen LogP contribution in [-0.4, -0.2) is 25.9 Å². The van der Waals surface area contributed by atoms with Crippen LogP contribution >= 0.6 is 0 Å². The van der Waals surface area contributed by atoms with E-state index in [9.17, 15) is 0 Å². The second-order valence-electron chi connectivity index (χ2n) is 5.05. The molecule has 108 valence electrons. The lowest BCUT2D eigenvalue weighted by Crippen LogP contribution is -2.24. The molecule has 2 rings (SSSR count). The Morgan fingerprint density at radius 3 is 3.16 bits per heavy atom. The quantitative estimate of drug-likeness (QED) is 0.736. The molecule has 0 saturated carbocycles. The maximum atomic E-state index is 5.75. The second kappa shape index (κ2) is 8.35. The van der Waals surface area contributed by atoms with E-state index in [0.29, 0.717) is 13.2 Å². The molecular formula is C15H25NO3. The third-order valence-corrected chi connectivity index (χ3v) is 3.39. The predicted octanol–water partition coefficient (Wildman–Crippen LogP) is 2.86. The highest BCUT2D eigenvalue weighted by molar-refractivity contribution is 5.15. The SMILES string of the molecule is CCCNCc1occc1COCC1CCCCO1. The molecule has 1 aromatic heterocycles. The number of ether oxygens (including phenoxy) is 2. The van der Waals surface area contributed by atoms with Crippen molar-refractivity contribution in [3.8, 4) is 0 Å². The maximum Gasteiger partial charge on any atom is 0.123 e. The average Bonchev–Trinajstić information content (AvgIpc) is 2.88. The first-order valence-electron chi connectivity index (χ1n) is 7.35. The topological polar surface area (TPSA) is 43.6 Å². The third kappa shape index (κ3) is 4.97. The van der Waals surface area contributed by atoms with E-state index in [4.69, 9.17) is 13.9 Å². The number of rotatable bonds is 8. The van der Waals surface area contributed by atoms with Crippen LogP contribution in [0.1, 0.15) is 43.9 Å². The van der Waals surface area contributed by atoms with Gasteiger partial charge in [-0.1, -0.05) is 6.92 Å². The normalized spacial score (nSPS) is 19.7. The molecule has 1 fully saturated rings. The lowest BCUT2D eigenvalue weighted by atomic mass is 10.1. The molecule has 1 atom stereocenters. The lowest BCUT2D eigenvalue weighted by molar-refractivity contribution is -0.0449. The van der Waals surface area contributed by atoms with Crippen LogP contribution in [0.3, 0.4) is 0 Å². The smallest absolute Gasteiger partial charge is 0.123 e. The minimum Gasteiger partial charge on any atom is -0.468 e. The van der Waals surface area contributed by atoms with Crippen molar-refractivity contribution in [1.82, 2.24) is 5.32 Å². The zero-order valence-corrected chi connectivity index (χ0v) is 11.8. The molecule has 1 unspecified atom stereocenters. The molecule has 1 saturated heterocycles. The summed E-state index contributed by atoms with van der Waals surface area (Å²) in [7, 11) is 0. The first kappa shape index (κ1) is 14.6. The first-order chi connectivity index (χ1) is 9.40. The monoisotopic (exact) mass is 267 g/mol. The molecule has 1 aromatic rings. The summed E-state index contributed by atoms with van der Waals surface area (Å²) >= 11 is 0. The van der Waals surface area contributed by atoms with Gasteiger partial charge in [0, 0.05) is 12.2 Å². The summed E-state index contributed by atoms with van der Waals surface area (Å²) in [5, 5.41) is 3.34. The lowest BCUT2D eigenvalue weighted by Gasteiger charge is -2.22. The summed E-state index contributed by atoms with van der Waals surface area (Å²) in [6.07, 6.45) is 6.71. The summed E-state index contributed by atoms with van der Waals surface area (Å²) < 4.78 is 16.9. The highest BCUT2D eigenvalue weighted by Gasteiger charge is 2.14. The van der Waals surface area contributed by atoms with Crippen molar-refractivity contribution >= 4 is 0 Å². The van der Waals surface area contributed by atoms with Gasteiger partial charge in [0.25, 0.3) is 0 Å². The molecule has 0 radical (unpaired) electrons. The summed E-state index contributed by atoms with van der Waals surface area (Å²) in [5.74, 6) is 0.984. The Labute approximate surface area is 115 Å². The molecule has 0 spiro atoms. The Bertz CT molecular complexity index is 345. The molecule has 1 aliphatic heterocycles. The second-order valence-corrected chi connectivity index (χ2v) is 5.05. The molecule has 2 heterocycles. The molecule has 4 nitrogen and oxygen atoms in total. The van der Waals surface area contributed by atoms with Crippen molar-refractivity contribution in [2.45, 2.75) is 51.9 Å². The van der Waals surface area contributed by atoms with Crippen LogP contribution < -0.4 is 5.32 Å². The molecule has 1 aliphatic rings. The van der Waals surface area contributed by atoms with Crippen molar-refractivity contribution in [1.29, 1.82) is 0 Å². The number of hydrogen-bond acceptors (Lipinski definition) is 4. The summed E-state index contributed by atoms with van der Waals surface area (Å²) in [6.45, 7) is 6.12. The van der Waals surface area contributed by atoms with Gasteiger partial charge in [0.15, 0.2) is 0 Å². The van der Waals surface area contributed by atoms with E-state index < -0.39 is 0 Å². The van der Waals surface area contributed by atoms with Crippen LogP contribution in [0.2, 0.25) is 0 Å². The van der Waals surface area contributed by atoms with Crippen LogP contribution in [0.5, 0.6) is 0 Å². The zero-order valence-electron chi connectivity index (χ0n) is 11.8. The van der Waals surface area contributed by atoms with Gasteiger partial charge >= 0.3 is 0 Å². The standard InChI is InChI=1S/C15H25NO3/c1-2-7-16-10-15-13(6-9-19-15)11-17-12-14-5-3-4-8-18-14/h6,9,14,16H,2-5,7-8,10-12H2,1H3. The van der Waals surface area contributed by atoms with E-state index in [-0.39, 0.29) is 6.10 Å². The van der Waals surface area contributed by atoms with Crippen LogP contribution in [0.25, 0.3) is 0 Å². The van der Waals surface area contributed by atoms with E-state index in [1.807, 2.05) is 6.07 Å². The van der Waals surface area contributed by atoms with Gasteiger partial charge < -0.3 is 19.2 Å². The highest BCUT2D eigenvalue weighted by atomic mass is 16.5. The van der Waals surface area contributed by atoms with Crippen LogP contribution in [0.4, 0.5) is 0 Å². The Kier molecular flexibility index (Phi) is 6.41. The molecule has 0 aromatic carbocycles. The molecule has 1 N–H and O–H groups in total. The van der Waals surface area contributed by atoms with E-state index in [2.05, 4.69) is 12.2 Å². The number of hydrogen-bond donors (Lipinski definition) is 1. The van der Waals surface area contributed by atoms with E-state index in [1.165, 1.54) is 12.8 Å². The van der Waals surface area contributed by atoms with E-state index in [1.54, 1.807) is 6.26 Å². The zero-order chi connectivity index (χ0) is 13.3. The van der Waals surface area contributed by atoms with Gasteiger partial charge in [-0.05, 0) is 38.3 Å².